The van der Waals surface area contributed by atoms with Crippen molar-refractivity contribution in [3.63, 3.8) is 0 Å². The largest absolute Gasteiger partial charge is 0.382 e. The lowest BCUT2D eigenvalue weighted by molar-refractivity contribution is 0.211. The first kappa shape index (κ1) is 9.15. The first-order valence-corrected chi connectivity index (χ1v) is 6.25. The average molecular weight is 198 g/mol. The zero-order chi connectivity index (χ0) is 8.48. The third-order valence-electron chi connectivity index (χ3n) is 1.57. The van der Waals surface area contributed by atoms with E-state index in [0.29, 0.717) is 0 Å². The molecule has 1 rings (SSSR count). The van der Waals surface area contributed by atoms with Gasteiger partial charge in [-0.25, -0.2) is 8.42 Å². The number of hydrogen-bond acceptors (Lipinski definition) is 4. The molecule has 11 heavy (non-hydrogen) atoms. The number of rotatable bonds is 2. The van der Waals surface area contributed by atoms with E-state index in [-0.39, 0.29) is 18.1 Å². The molecule has 1 saturated heterocycles. The Bertz CT molecular complexity index is 256. The van der Waals surface area contributed by atoms with Gasteiger partial charge in [0.1, 0.15) is 0 Å². The van der Waals surface area contributed by atoms with Crippen molar-refractivity contribution in [1.82, 2.24) is 0 Å². The number of ether oxygens (including phenoxy) is 1. The minimum Gasteiger partial charge on any atom is -0.382 e. The monoisotopic (exact) mass is 198 g/mol. The van der Waals surface area contributed by atoms with Crippen LogP contribution in [-0.2, 0) is 25.4 Å². The Hall–Kier alpha value is 0.0600. The molecule has 6 heteroatoms. The summed E-state index contributed by atoms with van der Waals surface area (Å²) in [6.45, 7) is 0.0505. The van der Waals surface area contributed by atoms with E-state index < -0.39 is 25.2 Å². The molecule has 1 aliphatic rings. The molecule has 4 nitrogen and oxygen atoms in total. The fourth-order valence-corrected chi connectivity index (χ4v) is 5.57. The van der Waals surface area contributed by atoms with Crippen LogP contribution >= 0.6 is 0 Å². The van der Waals surface area contributed by atoms with Crippen LogP contribution < -0.4 is 0 Å². The van der Waals surface area contributed by atoms with Crippen molar-refractivity contribution in [2.45, 2.75) is 4.58 Å². The minimum atomic E-state index is -3.12. The Morgan fingerprint density at radius 2 is 2.27 bits per heavy atom. The van der Waals surface area contributed by atoms with Crippen molar-refractivity contribution in [3.05, 3.63) is 0 Å². The third kappa shape index (κ3) is 1.80. The van der Waals surface area contributed by atoms with Crippen LogP contribution in [-0.4, -0.2) is 42.4 Å². The van der Waals surface area contributed by atoms with Gasteiger partial charge in [-0.2, -0.15) is 0 Å². The van der Waals surface area contributed by atoms with Gasteiger partial charge in [-0.3, -0.25) is 4.21 Å². The predicted octanol–water partition coefficient (Wildman–Crippen LogP) is -0.864. The van der Waals surface area contributed by atoms with Gasteiger partial charge in [-0.1, -0.05) is 0 Å². The van der Waals surface area contributed by atoms with Gasteiger partial charge in [0, 0.05) is 23.7 Å². The molecule has 0 aromatic heterocycles. The number of methoxy groups -OCH3 is 1. The number of hydrogen-bond donors (Lipinski definition) is 0. The Kier molecular flexibility index (Phi) is 2.66. The zero-order valence-corrected chi connectivity index (χ0v) is 7.78. The van der Waals surface area contributed by atoms with E-state index in [1.165, 1.54) is 7.11 Å². The van der Waals surface area contributed by atoms with Gasteiger partial charge in [0.2, 0.25) is 0 Å². The quantitative estimate of drug-likeness (QED) is 0.579. The summed E-state index contributed by atoms with van der Waals surface area (Å²) in [4.78, 5) is 0. The fourth-order valence-electron chi connectivity index (χ4n) is 0.940. The maximum Gasteiger partial charge on any atom is 0.168 e. The summed E-state index contributed by atoms with van der Waals surface area (Å²) in [5, 5.41) is 0. The van der Waals surface area contributed by atoms with E-state index in [9.17, 15) is 12.6 Å². The SMILES string of the molecule is COCC1S(=O)CCS1(=O)=O. The molecule has 2 unspecified atom stereocenters. The van der Waals surface area contributed by atoms with Crippen LogP contribution in [0.3, 0.4) is 0 Å². The van der Waals surface area contributed by atoms with Crippen molar-refractivity contribution in [2.24, 2.45) is 0 Å². The van der Waals surface area contributed by atoms with Gasteiger partial charge in [-0.15, -0.1) is 0 Å². The molecular weight excluding hydrogens is 188 g/mol. The lowest BCUT2D eigenvalue weighted by Crippen LogP contribution is -2.24. The van der Waals surface area contributed by atoms with E-state index in [4.69, 9.17) is 0 Å². The first-order chi connectivity index (χ1) is 5.08. The lowest BCUT2D eigenvalue weighted by Gasteiger charge is -2.04. The van der Waals surface area contributed by atoms with Crippen molar-refractivity contribution >= 4 is 20.6 Å². The molecule has 1 heterocycles. The molecule has 0 saturated carbocycles. The first-order valence-electron chi connectivity index (χ1n) is 3.15. The highest BCUT2D eigenvalue weighted by Crippen LogP contribution is 2.16. The second-order valence-electron chi connectivity index (χ2n) is 2.34. The number of sulfone groups is 1. The van der Waals surface area contributed by atoms with Crippen LogP contribution in [0.4, 0.5) is 0 Å². The normalized spacial score (nSPS) is 35.7. The molecule has 2 atom stereocenters. The summed E-state index contributed by atoms with van der Waals surface area (Å²) in [6, 6.07) is 0. The van der Waals surface area contributed by atoms with Crippen molar-refractivity contribution in [1.29, 1.82) is 0 Å². The second-order valence-corrected chi connectivity index (χ2v) is 6.68. The summed E-state index contributed by atoms with van der Waals surface area (Å²) in [5.74, 6) is 0.296. The molecule has 0 bridgehead atoms. The lowest BCUT2D eigenvalue weighted by atomic mass is 10.8. The summed E-state index contributed by atoms with van der Waals surface area (Å²) in [7, 11) is -2.96. The molecule has 0 aromatic carbocycles. The highest BCUT2D eigenvalue weighted by molar-refractivity contribution is 8.09. The Morgan fingerprint density at radius 1 is 1.64 bits per heavy atom. The summed E-state index contributed by atoms with van der Waals surface area (Å²) < 4.78 is 37.1. The van der Waals surface area contributed by atoms with Crippen LogP contribution in [0, 0.1) is 0 Å². The van der Waals surface area contributed by atoms with E-state index in [1.807, 2.05) is 0 Å². The van der Waals surface area contributed by atoms with Gasteiger partial charge in [-0.05, 0) is 0 Å². The van der Waals surface area contributed by atoms with Crippen molar-refractivity contribution < 1.29 is 17.4 Å². The fraction of sp³-hybridized carbons (Fsp3) is 1.00. The van der Waals surface area contributed by atoms with Crippen LogP contribution in [0.1, 0.15) is 0 Å². The smallest absolute Gasteiger partial charge is 0.168 e. The third-order valence-corrected chi connectivity index (χ3v) is 6.39. The molecule has 0 aliphatic carbocycles. The standard InChI is InChI=1S/C5H10O4S2/c1-9-4-5-10(6)2-3-11(5,7)8/h5H,2-4H2,1H3. The Morgan fingerprint density at radius 3 is 2.64 bits per heavy atom. The molecule has 1 aliphatic heterocycles. The highest BCUT2D eigenvalue weighted by Gasteiger charge is 2.37. The van der Waals surface area contributed by atoms with Gasteiger partial charge in [0.05, 0.1) is 12.4 Å². The minimum absolute atomic E-state index is 0.0354. The van der Waals surface area contributed by atoms with Crippen molar-refractivity contribution in [2.75, 3.05) is 25.2 Å². The molecule has 66 valence electrons. The molecule has 0 N–H and O–H groups in total. The molecule has 0 spiro atoms. The molecule has 0 amide bonds. The maximum atomic E-state index is 11.1. The summed E-state index contributed by atoms with van der Waals surface area (Å²) in [5.41, 5.74) is 0. The summed E-state index contributed by atoms with van der Waals surface area (Å²) in [6.07, 6.45) is 0. The molecular formula is C5H10O4S2. The van der Waals surface area contributed by atoms with Crippen LogP contribution in [0.5, 0.6) is 0 Å². The van der Waals surface area contributed by atoms with Gasteiger partial charge < -0.3 is 4.74 Å². The highest BCUT2D eigenvalue weighted by atomic mass is 32.3. The average Bonchev–Trinajstić information content (AvgIpc) is 2.16. The van der Waals surface area contributed by atoms with Gasteiger partial charge >= 0.3 is 0 Å². The molecule has 1 fully saturated rings. The second kappa shape index (κ2) is 3.20. The molecule has 0 radical (unpaired) electrons. The maximum absolute atomic E-state index is 11.1. The van der Waals surface area contributed by atoms with E-state index in [1.54, 1.807) is 0 Å². The summed E-state index contributed by atoms with van der Waals surface area (Å²) >= 11 is 0. The van der Waals surface area contributed by atoms with Crippen LogP contribution in [0.25, 0.3) is 0 Å². The van der Waals surface area contributed by atoms with Gasteiger partial charge in [0.15, 0.2) is 14.4 Å². The van der Waals surface area contributed by atoms with Crippen LogP contribution in [0.15, 0.2) is 0 Å². The van der Waals surface area contributed by atoms with Crippen LogP contribution in [0.2, 0.25) is 0 Å². The van der Waals surface area contributed by atoms with Gasteiger partial charge in [0.25, 0.3) is 0 Å². The Labute approximate surface area is 68.3 Å². The Balaban J connectivity index is 2.81. The zero-order valence-electron chi connectivity index (χ0n) is 6.15. The topological polar surface area (TPSA) is 60.4 Å². The van der Waals surface area contributed by atoms with E-state index in [0.717, 1.165) is 0 Å². The predicted molar refractivity (Wildman–Crippen MR) is 42.5 cm³/mol. The van der Waals surface area contributed by atoms with E-state index in [2.05, 4.69) is 4.74 Å². The van der Waals surface area contributed by atoms with E-state index >= 15 is 0 Å². The van der Waals surface area contributed by atoms with Crippen molar-refractivity contribution in [3.8, 4) is 0 Å². The molecule has 0 aromatic rings.